The number of hydrogen-bond acceptors (Lipinski definition) is 2. The normalized spacial score (nSPS) is 19.4. The van der Waals surface area contributed by atoms with Crippen molar-refractivity contribution in [1.29, 1.82) is 0 Å². The molecule has 1 unspecified atom stereocenters. The topological polar surface area (TPSA) is 12.5 Å². The van der Waals surface area contributed by atoms with E-state index in [4.69, 9.17) is 4.74 Å². The minimum atomic E-state index is 0.263. The Morgan fingerprint density at radius 3 is 2.88 bits per heavy atom. The Bertz CT molecular complexity index is 535. The zero-order valence-corrected chi connectivity index (χ0v) is 9.60. The largest absolute Gasteiger partial charge is 0.487 e. The Hall–Kier alpha value is -1.70. The molecule has 0 fully saturated rings. The van der Waals surface area contributed by atoms with Gasteiger partial charge in [-0.3, -0.25) is 0 Å². The van der Waals surface area contributed by atoms with Gasteiger partial charge >= 0.3 is 0 Å². The van der Waals surface area contributed by atoms with Gasteiger partial charge in [0.1, 0.15) is 11.9 Å². The summed E-state index contributed by atoms with van der Waals surface area (Å²) in [6.07, 6.45) is 0.263. The van der Waals surface area contributed by atoms with Gasteiger partial charge in [0.05, 0.1) is 12.2 Å². The first-order chi connectivity index (χ1) is 7.75. The van der Waals surface area contributed by atoms with Crippen LogP contribution in [0.4, 0.5) is 5.69 Å². The van der Waals surface area contributed by atoms with Gasteiger partial charge in [-0.1, -0.05) is 30.3 Å². The molecule has 0 N–H and O–H groups in total. The highest BCUT2D eigenvalue weighted by atomic mass is 16.5. The fourth-order valence-corrected chi connectivity index (χ4v) is 2.45. The molecule has 0 bridgehead atoms. The van der Waals surface area contributed by atoms with Gasteiger partial charge in [-0.25, -0.2) is 0 Å². The van der Waals surface area contributed by atoms with E-state index in [9.17, 15) is 0 Å². The average molecular weight is 213 g/mol. The molecule has 1 heterocycles. The standard InChI is InChI=1S/C14H15NO/c1-10-9-15(2)14-12-6-4-3-5-11(12)7-8-13(14)16-10/h3-8,10H,9H2,1-2H3. The van der Waals surface area contributed by atoms with Crippen molar-refractivity contribution in [3.05, 3.63) is 36.4 Å². The second-order valence-electron chi connectivity index (χ2n) is 4.44. The predicted molar refractivity (Wildman–Crippen MR) is 67.3 cm³/mol. The lowest BCUT2D eigenvalue weighted by atomic mass is 10.1. The quantitative estimate of drug-likeness (QED) is 0.667. The van der Waals surface area contributed by atoms with Crippen LogP contribution in [0, 0.1) is 0 Å². The van der Waals surface area contributed by atoms with Gasteiger partial charge in [0.15, 0.2) is 0 Å². The SMILES string of the molecule is CC1CN(C)c2c(ccc3ccccc23)O1. The summed E-state index contributed by atoms with van der Waals surface area (Å²) in [7, 11) is 2.13. The zero-order chi connectivity index (χ0) is 11.1. The third kappa shape index (κ3) is 1.33. The molecule has 0 saturated heterocycles. The summed E-state index contributed by atoms with van der Waals surface area (Å²) in [4.78, 5) is 2.28. The van der Waals surface area contributed by atoms with Crippen molar-refractivity contribution in [1.82, 2.24) is 0 Å². The lowest BCUT2D eigenvalue weighted by molar-refractivity contribution is 0.216. The van der Waals surface area contributed by atoms with E-state index in [0.29, 0.717) is 0 Å². The number of anilines is 1. The number of fused-ring (bicyclic) bond motifs is 3. The van der Waals surface area contributed by atoms with Gasteiger partial charge in [0.25, 0.3) is 0 Å². The maximum absolute atomic E-state index is 5.87. The Morgan fingerprint density at radius 2 is 2.00 bits per heavy atom. The van der Waals surface area contributed by atoms with Crippen LogP contribution in [0.25, 0.3) is 10.8 Å². The van der Waals surface area contributed by atoms with Crippen LogP contribution in [0.1, 0.15) is 6.92 Å². The first kappa shape index (κ1) is 9.52. The van der Waals surface area contributed by atoms with Gasteiger partial charge in [-0.15, -0.1) is 0 Å². The molecule has 82 valence electrons. The summed E-state index contributed by atoms with van der Waals surface area (Å²) in [6.45, 7) is 3.05. The first-order valence-corrected chi connectivity index (χ1v) is 5.65. The molecule has 0 radical (unpaired) electrons. The molecule has 0 saturated carbocycles. The molecule has 2 heteroatoms. The molecule has 2 aromatic rings. The lowest BCUT2D eigenvalue weighted by Crippen LogP contribution is -2.35. The molecule has 0 aromatic heterocycles. The summed E-state index contributed by atoms with van der Waals surface area (Å²) in [6, 6.07) is 12.6. The van der Waals surface area contributed by atoms with E-state index >= 15 is 0 Å². The van der Waals surface area contributed by atoms with Crippen molar-refractivity contribution in [3.8, 4) is 5.75 Å². The average Bonchev–Trinajstić information content (AvgIpc) is 2.28. The van der Waals surface area contributed by atoms with E-state index in [1.54, 1.807) is 0 Å². The molecule has 0 spiro atoms. The Morgan fingerprint density at radius 1 is 1.19 bits per heavy atom. The third-order valence-corrected chi connectivity index (χ3v) is 3.10. The highest BCUT2D eigenvalue weighted by Crippen LogP contribution is 2.38. The highest BCUT2D eigenvalue weighted by molar-refractivity contribution is 5.97. The van der Waals surface area contributed by atoms with Crippen LogP contribution in [-0.4, -0.2) is 19.7 Å². The second-order valence-corrected chi connectivity index (χ2v) is 4.44. The van der Waals surface area contributed by atoms with Crippen molar-refractivity contribution in [2.24, 2.45) is 0 Å². The molecule has 3 rings (SSSR count). The van der Waals surface area contributed by atoms with Crippen LogP contribution < -0.4 is 9.64 Å². The van der Waals surface area contributed by atoms with Crippen LogP contribution in [0.3, 0.4) is 0 Å². The van der Waals surface area contributed by atoms with Crippen molar-refractivity contribution < 1.29 is 4.74 Å². The Kier molecular flexibility index (Phi) is 2.03. The van der Waals surface area contributed by atoms with Crippen molar-refractivity contribution >= 4 is 16.5 Å². The molecule has 16 heavy (non-hydrogen) atoms. The van der Waals surface area contributed by atoms with E-state index in [1.165, 1.54) is 16.5 Å². The molecule has 0 amide bonds. The summed E-state index contributed by atoms with van der Waals surface area (Å²) >= 11 is 0. The zero-order valence-electron chi connectivity index (χ0n) is 9.60. The molecular formula is C14H15NO. The summed E-state index contributed by atoms with van der Waals surface area (Å²) in [5.74, 6) is 1.000. The van der Waals surface area contributed by atoms with Crippen molar-refractivity contribution in [3.63, 3.8) is 0 Å². The molecule has 2 aromatic carbocycles. The first-order valence-electron chi connectivity index (χ1n) is 5.65. The molecule has 0 aliphatic carbocycles. The fraction of sp³-hybridized carbons (Fsp3) is 0.286. The van der Waals surface area contributed by atoms with Crippen LogP contribution in [0.15, 0.2) is 36.4 Å². The second kappa shape index (κ2) is 3.41. The number of ether oxygens (including phenoxy) is 1. The van der Waals surface area contributed by atoms with E-state index in [2.05, 4.69) is 55.3 Å². The monoisotopic (exact) mass is 213 g/mol. The van der Waals surface area contributed by atoms with Gasteiger partial charge in [-0.2, -0.15) is 0 Å². The van der Waals surface area contributed by atoms with Crippen LogP contribution in [-0.2, 0) is 0 Å². The number of hydrogen-bond donors (Lipinski definition) is 0. The number of likely N-dealkylation sites (N-methyl/N-ethyl adjacent to an activating group) is 1. The van der Waals surface area contributed by atoms with Gasteiger partial charge in [0, 0.05) is 12.4 Å². The van der Waals surface area contributed by atoms with Gasteiger partial charge in [0.2, 0.25) is 0 Å². The van der Waals surface area contributed by atoms with E-state index in [-0.39, 0.29) is 6.10 Å². The number of benzene rings is 2. The van der Waals surface area contributed by atoms with Crippen LogP contribution in [0.5, 0.6) is 5.75 Å². The highest BCUT2D eigenvalue weighted by Gasteiger charge is 2.21. The fourth-order valence-electron chi connectivity index (χ4n) is 2.45. The van der Waals surface area contributed by atoms with Crippen molar-refractivity contribution in [2.45, 2.75) is 13.0 Å². The minimum absolute atomic E-state index is 0.263. The van der Waals surface area contributed by atoms with E-state index in [1.807, 2.05) is 0 Å². The number of nitrogens with zero attached hydrogens (tertiary/aromatic N) is 1. The third-order valence-electron chi connectivity index (χ3n) is 3.10. The molecule has 1 aliphatic heterocycles. The summed E-state index contributed by atoms with van der Waals surface area (Å²) in [5.41, 5.74) is 1.22. The van der Waals surface area contributed by atoms with Gasteiger partial charge in [-0.05, 0) is 18.4 Å². The Labute approximate surface area is 95.4 Å². The lowest BCUT2D eigenvalue weighted by Gasteiger charge is -2.33. The molecule has 1 atom stereocenters. The summed E-state index contributed by atoms with van der Waals surface area (Å²) in [5, 5.41) is 2.54. The van der Waals surface area contributed by atoms with Crippen LogP contribution >= 0.6 is 0 Å². The molecule has 2 nitrogen and oxygen atoms in total. The Balaban J connectivity index is 2.29. The van der Waals surface area contributed by atoms with E-state index in [0.717, 1.165) is 12.3 Å². The molecule has 1 aliphatic rings. The van der Waals surface area contributed by atoms with Crippen molar-refractivity contribution in [2.75, 3.05) is 18.5 Å². The summed E-state index contributed by atoms with van der Waals surface area (Å²) < 4.78 is 5.87. The maximum Gasteiger partial charge on any atom is 0.143 e. The minimum Gasteiger partial charge on any atom is -0.487 e. The maximum atomic E-state index is 5.87. The van der Waals surface area contributed by atoms with Crippen LogP contribution in [0.2, 0.25) is 0 Å². The smallest absolute Gasteiger partial charge is 0.143 e. The van der Waals surface area contributed by atoms with E-state index < -0.39 is 0 Å². The number of rotatable bonds is 0. The van der Waals surface area contributed by atoms with Gasteiger partial charge < -0.3 is 9.64 Å². The predicted octanol–water partition coefficient (Wildman–Crippen LogP) is 3.06. The molecular weight excluding hydrogens is 198 g/mol.